The van der Waals surface area contributed by atoms with Gasteiger partial charge in [-0.1, -0.05) is 6.07 Å². The Labute approximate surface area is 140 Å². The minimum absolute atomic E-state index is 0.448. The molecule has 3 aromatic heterocycles. The summed E-state index contributed by atoms with van der Waals surface area (Å²) in [6, 6.07) is 6.42. The van der Waals surface area contributed by atoms with Crippen LogP contribution < -0.4 is 10.6 Å². The standard InChI is InChI=1S/C18H20N6/c1-2-6-24-16(10-21-18(24)3-1)15-9-20-11-17(23-15)22-14-8-19-7-13(14)12-4-5-12/h1-3,6,9-14,19H,4-5,7-8H2,(H,22,23). The van der Waals surface area contributed by atoms with Gasteiger partial charge in [-0.15, -0.1) is 0 Å². The fourth-order valence-electron chi connectivity index (χ4n) is 3.75. The molecule has 2 fully saturated rings. The molecule has 2 atom stereocenters. The molecule has 122 valence electrons. The topological polar surface area (TPSA) is 67.1 Å². The second kappa shape index (κ2) is 5.56. The monoisotopic (exact) mass is 320 g/mol. The van der Waals surface area contributed by atoms with Gasteiger partial charge in [-0.25, -0.2) is 9.97 Å². The molecule has 3 aromatic rings. The summed E-state index contributed by atoms with van der Waals surface area (Å²) in [5, 5.41) is 7.10. The molecule has 5 rings (SSSR count). The van der Waals surface area contributed by atoms with Crippen LogP contribution in [0.4, 0.5) is 5.82 Å². The van der Waals surface area contributed by atoms with E-state index in [9.17, 15) is 0 Å². The zero-order valence-corrected chi connectivity index (χ0v) is 13.4. The van der Waals surface area contributed by atoms with Gasteiger partial charge in [0.25, 0.3) is 0 Å². The van der Waals surface area contributed by atoms with Crippen LogP contribution in [-0.4, -0.2) is 38.5 Å². The van der Waals surface area contributed by atoms with Crippen LogP contribution in [0, 0.1) is 11.8 Å². The van der Waals surface area contributed by atoms with E-state index in [4.69, 9.17) is 4.98 Å². The van der Waals surface area contributed by atoms with Crippen molar-refractivity contribution in [2.45, 2.75) is 18.9 Å². The van der Waals surface area contributed by atoms with Crippen molar-refractivity contribution in [3.8, 4) is 11.4 Å². The van der Waals surface area contributed by atoms with Crippen LogP contribution in [0.25, 0.3) is 17.0 Å². The lowest BCUT2D eigenvalue weighted by Gasteiger charge is -2.20. The lowest BCUT2D eigenvalue weighted by Crippen LogP contribution is -2.30. The Morgan fingerprint density at radius 3 is 3.00 bits per heavy atom. The number of nitrogens with zero attached hydrogens (tertiary/aromatic N) is 4. The number of nitrogens with one attached hydrogen (secondary N) is 2. The summed E-state index contributed by atoms with van der Waals surface area (Å²) >= 11 is 0. The highest BCUT2D eigenvalue weighted by Crippen LogP contribution is 2.40. The van der Waals surface area contributed by atoms with E-state index in [1.807, 2.05) is 41.2 Å². The molecule has 24 heavy (non-hydrogen) atoms. The van der Waals surface area contributed by atoms with E-state index in [0.29, 0.717) is 12.0 Å². The summed E-state index contributed by atoms with van der Waals surface area (Å²) in [6.45, 7) is 2.12. The average Bonchev–Trinajstić information content (AvgIpc) is 3.20. The molecule has 0 aromatic carbocycles. The molecule has 1 saturated heterocycles. The van der Waals surface area contributed by atoms with E-state index in [0.717, 1.165) is 41.9 Å². The van der Waals surface area contributed by atoms with Crippen molar-refractivity contribution >= 4 is 11.5 Å². The Balaban J connectivity index is 1.44. The maximum Gasteiger partial charge on any atom is 0.145 e. The molecular formula is C18H20N6. The van der Waals surface area contributed by atoms with Crippen molar-refractivity contribution in [3.63, 3.8) is 0 Å². The molecule has 4 heterocycles. The van der Waals surface area contributed by atoms with Crippen LogP contribution in [-0.2, 0) is 0 Å². The number of imidazole rings is 1. The average molecular weight is 320 g/mol. The summed E-state index contributed by atoms with van der Waals surface area (Å²) in [5.41, 5.74) is 2.72. The predicted octanol–water partition coefficient (Wildman–Crippen LogP) is 2.20. The fourth-order valence-corrected chi connectivity index (χ4v) is 3.75. The van der Waals surface area contributed by atoms with E-state index < -0.39 is 0 Å². The largest absolute Gasteiger partial charge is 0.364 e. The molecule has 2 aliphatic rings. The molecule has 6 heteroatoms. The number of pyridine rings is 1. The molecule has 1 aliphatic carbocycles. The summed E-state index contributed by atoms with van der Waals surface area (Å²) in [4.78, 5) is 13.6. The summed E-state index contributed by atoms with van der Waals surface area (Å²) < 4.78 is 2.04. The molecule has 0 radical (unpaired) electrons. The van der Waals surface area contributed by atoms with Gasteiger partial charge >= 0.3 is 0 Å². The first-order valence-electron chi connectivity index (χ1n) is 8.60. The van der Waals surface area contributed by atoms with Gasteiger partial charge in [0.15, 0.2) is 0 Å². The van der Waals surface area contributed by atoms with Crippen molar-refractivity contribution in [1.82, 2.24) is 24.7 Å². The molecule has 0 bridgehead atoms. The molecule has 0 amide bonds. The third-order valence-corrected chi connectivity index (χ3v) is 5.14. The van der Waals surface area contributed by atoms with Gasteiger partial charge in [0.2, 0.25) is 0 Å². The summed E-state index contributed by atoms with van der Waals surface area (Å²) in [7, 11) is 0. The molecule has 1 saturated carbocycles. The highest BCUT2D eigenvalue weighted by atomic mass is 15.1. The summed E-state index contributed by atoms with van der Waals surface area (Å²) in [6.07, 6.45) is 10.2. The fraction of sp³-hybridized carbons (Fsp3) is 0.389. The normalized spacial score (nSPS) is 23.7. The van der Waals surface area contributed by atoms with Crippen molar-refractivity contribution in [2.24, 2.45) is 11.8 Å². The lowest BCUT2D eigenvalue weighted by molar-refractivity contribution is 0.473. The number of fused-ring (bicyclic) bond motifs is 1. The lowest BCUT2D eigenvalue weighted by atomic mass is 9.98. The second-order valence-corrected chi connectivity index (χ2v) is 6.77. The summed E-state index contributed by atoms with van der Waals surface area (Å²) in [5.74, 6) is 2.44. The van der Waals surface area contributed by atoms with Gasteiger partial charge in [0.05, 0.1) is 24.3 Å². The van der Waals surface area contributed by atoms with Gasteiger partial charge in [0, 0.05) is 25.3 Å². The van der Waals surface area contributed by atoms with Crippen LogP contribution >= 0.6 is 0 Å². The minimum atomic E-state index is 0.448. The molecule has 6 nitrogen and oxygen atoms in total. The SMILES string of the molecule is c1ccn2c(-c3cncc(NC4CNCC4C4CC4)n3)cnc2c1. The zero-order valence-electron chi connectivity index (χ0n) is 13.4. The molecular weight excluding hydrogens is 300 g/mol. The van der Waals surface area contributed by atoms with Gasteiger partial charge in [-0.2, -0.15) is 0 Å². The Bertz CT molecular complexity index is 869. The van der Waals surface area contributed by atoms with Gasteiger partial charge < -0.3 is 10.6 Å². The Hall–Kier alpha value is -2.47. The third-order valence-electron chi connectivity index (χ3n) is 5.14. The number of aromatic nitrogens is 4. The number of rotatable bonds is 4. The molecule has 1 aliphatic heterocycles. The van der Waals surface area contributed by atoms with E-state index in [2.05, 4.69) is 20.6 Å². The van der Waals surface area contributed by atoms with E-state index in [-0.39, 0.29) is 0 Å². The molecule has 0 spiro atoms. The molecule has 2 N–H and O–H groups in total. The number of anilines is 1. The number of hydrogen-bond acceptors (Lipinski definition) is 5. The first-order valence-corrected chi connectivity index (χ1v) is 8.60. The van der Waals surface area contributed by atoms with Crippen LogP contribution in [0.15, 0.2) is 43.0 Å². The van der Waals surface area contributed by atoms with Crippen LogP contribution in [0.1, 0.15) is 12.8 Å². The van der Waals surface area contributed by atoms with Gasteiger partial charge in [0.1, 0.15) is 17.2 Å². The quantitative estimate of drug-likeness (QED) is 0.771. The van der Waals surface area contributed by atoms with Crippen LogP contribution in [0.3, 0.4) is 0 Å². The predicted molar refractivity (Wildman–Crippen MR) is 92.7 cm³/mol. The van der Waals surface area contributed by atoms with Crippen molar-refractivity contribution < 1.29 is 0 Å². The van der Waals surface area contributed by atoms with E-state index in [1.54, 1.807) is 6.20 Å². The highest BCUT2D eigenvalue weighted by Gasteiger charge is 2.39. The van der Waals surface area contributed by atoms with Crippen molar-refractivity contribution in [2.75, 3.05) is 18.4 Å². The Morgan fingerprint density at radius 1 is 1.12 bits per heavy atom. The van der Waals surface area contributed by atoms with E-state index in [1.165, 1.54) is 12.8 Å². The zero-order chi connectivity index (χ0) is 15.9. The smallest absolute Gasteiger partial charge is 0.145 e. The van der Waals surface area contributed by atoms with Crippen molar-refractivity contribution in [3.05, 3.63) is 43.0 Å². The first kappa shape index (κ1) is 13.9. The van der Waals surface area contributed by atoms with Crippen LogP contribution in [0.2, 0.25) is 0 Å². The minimum Gasteiger partial charge on any atom is -0.364 e. The third kappa shape index (κ3) is 2.43. The maximum atomic E-state index is 4.78. The highest BCUT2D eigenvalue weighted by molar-refractivity contribution is 5.60. The second-order valence-electron chi connectivity index (χ2n) is 6.77. The van der Waals surface area contributed by atoms with E-state index >= 15 is 0 Å². The van der Waals surface area contributed by atoms with Gasteiger partial charge in [-0.05, 0) is 36.8 Å². The maximum absolute atomic E-state index is 4.78. The Morgan fingerprint density at radius 2 is 2.08 bits per heavy atom. The van der Waals surface area contributed by atoms with Crippen molar-refractivity contribution in [1.29, 1.82) is 0 Å². The Kier molecular flexibility index (Phi) is 3.23. The number of hydrogen-bond donors (Lipinski definition) is 2. The van der Waals surface area contributed by atoms with Crippen LogP contribution in [0.5, 0.6) is 0 Å². The first-order chi connectivity index (χ1) is 11.9. The molecule has 2 unspecified atom stereocenters. The van der Waals surface area contributed by atoms with Gasteiger partial charge in [-0.3, -0.25) is 9.38 Å².